The topological polar surface area (TPSA) is 123 Å². The van der Waals surface area contributed by atoms with E-state index in [4.69, 9.17) is 11.6 Å². The number of nitrogens with one attached hydrogen (secondary N) is 1. The van der Waals surface area contributed by atoms with Gasteiger partial charge in [-0.25, -0.2) is 4.79 Å². The van der Waals surface area contributed by atoms with Crippen LogP contribution < -0.4 is 11.0 Å². The number of halogens is 1. The summed E-state index contributed by atoms with van der Waals surface area (Å²) in [5.74, 6) is -2.59. The molecule has 0 aliphatic rings. The normalized spacial score (nSPS) is 11.3. The average Bonchev–Trinajstić information content (AvgIpc) is 2.70. The highest BCUT2D eigenvalue weighted by Gasteiger charge is 2.18. The lowest BCUT2D eigenvalue weighted by atomic mass is 10.1. The molecule has 2 N–H and O–H groups in total. The second-order valence-electron chi connectivity index (χ2n) is 5.15. The summed E-state index contributed by atoms with van der Waals surface area (Å²) >= 11 is 5.85. The van der Waals surface area contributed by atoms with Gasteiger partial charge in [-0.05, 0) is 24.3 Å². The first kappa shape index (κ1) is 19.2. The highest BCUT2D eigenvalue weighted by molar-refractivity contribution is 6.31. The van der Waals surface area contributed by atoms with Gasteiger partial charge < -0.3 is 19.6 Å². The Morgan fingerprint density at radius 2 is 1.92 bits per heavy atom. The fraction of sp³-hybridized carbons (Fsp3) is 0.176. The fourth-order valence-electron chi connectivity index (χ4n) is 2.22. The zero-order valence-corrected chi connectivity index (χ0v) is 14.5. The number of benzene rings is 1. The third-order valence-electron chi connectivity index (χ3n) is 3.52. The summed E-state index contributed by atoms with van der Waals surface area (Å²) in [4.78, 5) is 50.5. The maximum atomic E-state index is 12.7. The van der Waals surface area contributed by atoms with Crippen molar-refractivity contribution in [2.24, 2.45) is 0 Å². The molecule has 136 valence electrons. The molecule has 2 aromatic rings. The Balaban J connectivity index is 2.84. The predicted octanol–water partition coefficient (Wildman–Crippen LogP) is 1.37. The molecule has 0 radical (unpaired) electrons. The lowest BCUT2D eigenvalue weighted by Crippen LogP contribution is -2.13. The summed E-state index contributed by atoms with van der Waals surface area (Å²) in [6.45, 7) is 0. The number of carbonyl (C=O) groups excluding carboxylic acids is 2. The lowest BCUT2D eigenvalue weighted by Gasteiger charge is -2.04. The van der Waals surface area contributed by atoms with Gasteiger partial charge in [-0.2, -0.15) is 0 Å². The molecule has 8 nitrogen and oxygen atoms in total. The van der Waals surface area contributed by atoms with E-state index in [1.807, 2.05) is 0 Å². The zero-order valence-electron chi connectivity index (χ0n) is 13.8. The summed E-state index contributed by atoms with van der Waals surface area (Å²) in [7, 11) is 2.21. The molecular weight excluding hydrogens is 366 g/mol. The summed E-state index contributed by atoms with van der Waals surface area (Å²) < 4.78 is 9.05. The molecule has 2 rings (SSSR count). The maximum absolute atomic E-state index is 12.7. The SMILES string of the molecule is COC(=O)CC(=Cc1c(O)c(=O)[nH]c2cc(Cl)ccc2c1=O)C(=O)OC. The van der Waals surface area contributed by atoms with Crippen LogP contribution in [0.25, 0.3) is 17.0 Å². The number of aromatic nitrogens is 1. The van der Waals surface area contributed by atoms with Gasteiger partial charge in [0, 0.05) is 16.0 Å². The van der Waals surface area contributed by atoms with Crippen LogP contribution in [0.4, 0.5) is 0 Å². The van der Waals surface area contributed by atoms with Crippen molar-refractivity contribution in [1.82, 2.24) is 4.98 Å². The zero-order chi connectivity index (χ0) is 19.4. The van der Waals surface area contributed by atoms with Crippen LogP contribution in [-0.4, -0.2) is 36.2 Å². The number of carbonyl (C=O) groups is 2. The van der Waals surface area contributed by atoms with Gasteiger partial charge in [0.25, 0.3) is 5.56 Å². The number of hydrogen-bond acceptors (Lipinski definition) is 7. The molecule has 0 aliphatic heterocycles. The van der Waals surface area contributed by atoms with Crippen molar-refractivity contribution >= 4 is 40.5 Å². The van der Waals surface area contributed by atoms with Crippen molar-refractivity contribution in [3.63, 3.8) is 0 Å². The summed E-state index contributed by atoms with van der Waals surface area (Å²) in [6, 6.07) is 4.15. The minimum Gasteiger partial charge on any atom is -0.503 e. The summed E-state index contributed by atoms with van der Waals surface area (Å²) in [5, 5.41) is 10.5. The van der Waals surface area contributed by atoms with Crippen LogP contribution in [0.2, 0.25) is 5.02 Å². The van der Waals surface area contributed by atoms with Gasteiger partial charge >= 0.3 is 11.9 Å². The minimum absolute atomic E-state index is 0.0559. The van der Waals surface area contributed by atoms with Gasteiger partial charge in [0.1, 0.15) is 0 Å². The Hall–Kier alpha value is -3.13. The minimum atomic E-state index is -0.965. The molecular formula is C17H14ClNO7. The van der Waals surface area contributed by atoms with Crippen molar-refractivity contribution in [3.05, 3.63) is 54.9 Å². The molecule has 1 aromatic heterocycles. The van der Waals surface area contributed by atoms with Crippen molar-refractivity contribution < 1.29 is 24.2 Å². The molecule has 0 spiro atoms. The molecule has 0 fully saturated rings. The first-order chi connectivity index (χ1) is 12.3. The number of rotatable bonds is 4. The van der Waals surface area contributed by atoms with Crippen LogP contribution in [-0.2, 0) is 19.1 Å². The number of esters is 2. The quantitative estimate of drug-likeness (QED) is 0.607. The van der Waals surface area contributed by atoms with Gasteiger partial charge in [0.2, 0.25) is 0 Å². The Morgan fingerprint density at radius 1 is 1.23 bits per heavy atom. The predicted molar refractivity (Wildman–Crippen MR) is 94.1 cm³/mol. The molecule has 0 amide bonds. The van der Waals surface area contributed by atoms with Gasteiger partial charge in [0.15, 0.2) is 11.2 Å². The van der Waals surface area contributed by atoms with Crippen molar-refractivity contribution in [2.75, 3.05) is 14.2 Å². The highest BCUT2D eigenvalue weighted by atomic mass is 35.5. The Morgan fingerprint density at radius 3 is 2.54 bits per heavy atom. The van der Waals surface area contributed by atoms with E-state index in [9.17, 15) is 24.3 Å². The molecule has 0 bridgehead atoms. The molecule has 0 atom stereocenters. The Bertz CT molecular complexity index is 1040. The van der Waals surface area contributed by atoms with E-state index >= 15 is 0 Å². The monoisotopic (exact) mass is 379 g/mol. The van der Waals surface area contributed by atoms with Gasteiger partial charge in [-0.1, -0.05) is 11.6 Å². The number of ether oxygens (including phenoxy) is 2. The number of hydrogen-bond donors (Lipinski definition) is 2. The van der Waals surface area contributed by atoms with Crippen molar-refractivity contribution in [3.8, 4) is 5.75 Å². The third-order valence-corrected chi connectivity index (χ3v) is 3.75. The maximum Gasteiger partial charge on any atom is 0.334 e. The second-order valence-corrected chi connectivity index (χ2v) is 5.59. The smallest absolute Gasteiger partial charge is 0.334 e. The van der Waals surface area contributed by atoms with E-state index in [0.29, 0.717) is 0 Å². The van der Waals surface area contributed by atoms with Gasteiger partial charge in [-0.15, -0.1) is 0 Å². The van der Waals surface area contributed by atoms with Gasteiger partial charge in [0.05, 0.1) is 31.7 Å². The van der Waals surface area contributed by atoms with Crippen LogP contribution in [0.15, 0.2) is 33.4 Å². The number of methoxy groups -OCH3 is 2. The largest absolute Gasteiger partial charge is 0.503 e. The lowest BCUT2D eigenvalue weighted by molar-refractivity contribution is -0.143. The number of aromatic hydroxyl groups is 1. The Kier molecular flexibility index (Phi) is 5.78. The standard InChI is InChI=1S/C17H14ClNO7/c1-25-13(20)6-8(17(24)26-2)5-11-14(21)10-4-3-9(18)7-12(10)19-16(23)15(11)22/h3-5,7,22H,6H2,1-2H3,(H,19,23). The van der Waals surface area contributed by atoms with Crippen molar-refractivity contribution in [2.45, 2.75) is 6.42 Å². The summed E-state index contributed by atoms with van der Waals surface area (Å²) in [6.07, 6.45) is 0.423. The molecule has 1 heterocycles. The van der Waals surface area contributed by atoms with Crippen molar-refractivity contribution in [1.29, 1.82) is 0 Å². The van der Waals surface area contributed by atoms with E-state index in [1.54, 1.807) is 0 Å². The van der Waals surface area contributed by atoms with E-state index in [0.717, 1.165) is 20.3 Å². The Labute approximate surface area is 151 Å². The summed E-state index contributed by atoms with van der Waals surface area (Å²) in [5.41, 5.74) is -2.32. The molecule has 0 unspecified atom stereocenters. The number of aromatic amines is 1. The van der Waals surface area contributed by atoms with E-state index < -0.39 is 40.7 Å². The highest BCUT2D eigenvalue weighted by Crippen LogP contribution is 2.19. The van der Waals surface area contributed by atoms with E-state index in [1.165, 1.54) is 18.2 Å². The molecule has 1 aromatic carbocycles. The number of fused-ring (bicyclic) bond motifs is 1. The van der Waals surface area contributed by atoms with Gasteiger partial charge in [-0.3, -0.25) is 14.4 Å². The molecule has 0 saturated heterocycles. The second kappa shape index (κ2) is 7.83. The van der Waals surface area contributed by atoms with Crippen LogP contribution in [0, 0.1) is 0 Å². The molecule has 0 saturated carbocycles. The molecule has 26 heavy (non-hydrogen) atoms. The van der Waals surface area contributed by atoms with Crippen LogP contribution in [0.1, 0.15) is 12.0 Å². The van der Waals surface area contributed by atoms with Crippen LogP contribution in [0.3, 0.4) is 0 Å². The van der Waals surface area contributed by atoms with Crippen LogP contribution >= 0.6 is 11.6 Å². The van der Waals surface area contributed by atoms with E-state index in [2.05, 4.69) is 14.5 Å². The first-order valence-corrected chi connectivity index (χ1v) is 7.60. The third kappa shape index (κ3) is 3.92. The van der Waals surface area contributed by atoms with E-state index in [-0.39, 0.29) is 21.5 Å². The molecule has 9 heteroatoms. The number of H-pyrrole nitrogens is 1. The first-order valence-electron chi connectivity index (χ1n) is 7.23. The fourth-order valence-corrected chi connectivity index (χ4v) is 2.40. The molecule has 0 aliphatic carbocycles. The van der Waals surface area contributed by atoms with Crippen LogP contribution in [0.5, 0.6) is 5.75 Å². The average molecular weight is 380 g/mol.